The van der Waals surface area contributed by atoms with Crippen molar-refractivity contribution in [1.82, 2.24) is 20.1 Å². The number of aromatic amines is 1. The lowest BCUT2D eigenvalue weighted by Crippen LogP contribution is -2.39. The molecule has 3 heterocycles. The van der Waals surface area contributed by atoms with Crippen LogP contribution in [0.4, 0.5) is 10.2 Å². The molecule has 0 saturated carbocycles. The van der Waals surface area contributed by atoms with Crippen LogP contribution in [0.25, 0.3) is 22.2 Å². The number of nitrogens with zero attached hydrogens (tertiary/aromatic N) is 3. The Morgan fingerprint density at radius 2 is 2.00 bits per heavy atom. The fourth-order valence-electron chi connectivity index (χ4n) is 4.20. The normalized spacial score (nSPS) is 15.4. The average molecular weight is 410 g/mol. The van der Waals surface area contributed by atoms with Gasteiger partial charge >= 0.3 is 0 Å². The van der Waals surface area contributed by atoms with Crippen molar-refractivity contribution in [2.75, 3.05) is 25.0 Å². The van der Waals surface area contributed by atoms with E-state index >= 15 is 0 Å². The molecule has 4 rings (SSSR count). The summed E-state index contributed by atoms with van der Waals surface area (Å²) in [5, 5.41) is 10.3. The highest BCUT2D eigenvalue weighted by Crippen LogP contribution is 2.28. The van der Waals surface area contributed by atoms with Crippen LogP contribution in [0.3, 0.4) is 0 Å². The molecule has 2 N–H and O–H groups in total. The summed E-state index contributed by atoms with van der Waals surface area (Å²) in [6.45, 7) is 7.19. The van der Waals surface area contributed by atoms with Crippen LogP contribution in [0.2, 0.25) is 0 Å². The first-order chi connectivity index (χ1) is 14.4. The summed E-state index contributed by atoms with van der Waals surface area (Å²) >= 11 is 0. The molecule has 1 saturated heterocycles. The van der Waals surface area contributed by atoms with Gasteiger partial charge in [0, 0.05) is 30.1 Å². The lowest BCUT2D eigenvalue weighted by atomic mass is 9.87. The van der Waals surface area contributed by atoms with Gasteiger partial charge in [-0.1, -0.05) is 38.5 Å². The third kappa shape index (κ3) is 4.67. The summed E-state index contributed by atoms with van der Waals surface area (Å²) in [4.78, 5) is 19.4. The Balaban J connectivity index is 1.43. The Morgan fingerprint density at radius 3 is 2.80 bits per heavy atom. The Bertz CT molecular complexity index is 1040. The van der Waals surface area contributed by atoms with E-state index in [0.717, 1.165) is 30.5 Å². The second-order valence-corrected chi connectivity index (χ2v) is 8.90. The van der Waals surface area contributed by atoms with Crippen molar-refractivity contribution in [3.8, 4) is 11.3 Å². The number of hydrogen-bond acceptors (Lipinski definition) is 4. The number of nitrogens with one attached hydrogen (secondary N) is 2. The van der Waals surface area contributed by atoms with Crippen LogP contribution < -0.4 is 5.32 Å². The van der Waals surface area contributed by atoms with Crippen molar-refractivity contribution >= 4 is 22.6 Å². The molecule has 6 nitrogen and oxygen atoms in total. The number of aromatic nitrogens is 3. The highest BCUT2D eigenvalue weighted by atomic mass is 19.1. The van der Waals surface area contributed by atoms with Gasteiger partial charge in [0.1, 0.15) is 5.69 Å². The molecule has 1 aromatic carbocycles. The summed E-state index contributed by atoms with van der Waals surface area (Å²) in [5.41, 5.74) is 1.36. The Hall–Kier alpha value is -2.80. The van der Waals surface area contributed by atoms with E-state index in [-0.39, 0.29) is 22.8 Å². The minimum atomic E-state index is -0.575. The number of likely N-dealkylation sites (tertiary alicyclic amines) is 1. The van der Waals surface area contributed by atoms with E-state index in [2.05, 4.69) is 39.2 Å². The Kier molecular flexibility index (Phi) is 5.81. The van der Waals surface area contributed by atoms with Gasteiger partial charge in [0.15, 0.2) is 11.6 Å². The third-order valence-corrected chi connectivity index (χ3v) is 5.57. The van der Waals surface area contributed by atoms with E-state index in [9.17, 15) is 9.18 Å². The number of H-pyrrole nitrogens is 1. The molecule has 1 amide bonds. The van der Waals surface area contributed by atoms with E-state index in [1.165, 1.54) is 19.3 Å². The fraction of sp³-hybridized carbons (Fsp3) is 0.435. The van der Waals surface area contributed by atoms with Gasteiger partial charge in [0.05, 0.1) is 5.52 Å². The van der Waals surface area contributed by atoms with E-state index < -0.39 is 5.82 Å². The fourth-order valence-corrected chi connectivity index (χ4v) is 4.20. The number of para-hydroxylation sites is 1. The van der Waals surface area contributed by atoms with Crippen LogP contribution in [0.5, 0.6) is 0 Å². The molecule has 30 heavy (non-hydrogen) atoms. The molecule has 7 heteroatoms. The van der Waals surface area contributed by atoms with E-state index in [4.69, 9.17) is 0 Å². The standard InChI is InChI=1S/C23H28FN5O/c1-23(2,15-29-10-6-3-7-11-29)13-19(30)26-22-20(24)21(27-28-22)17-12-16-8-4-5-9-18(16)25-14-17/h4-5,8-9,12,14H,3,6-7,10-11,13,15H2,1-2H3,(H2,26,27,28,30). The van der Waals surface area contributed by atoms with Gasteiger partial charge in [-0.3, -0.25) is 14.9 Å². The molecule has 0 spiro atoms. The summed E-state index contributed by atoms with van der Waals surface area (Å²) in [5.74, 6) is -0.797. The van der Waals surface area contributed by atoms with Gasteiger partial charge < -0.3 is 10.2 Å². The molecular formula is C23H28FN5O. The van der Waals surface area contributed by atoms with E-state index in [1.54, 1.807) is 6.20 Å². The first kappa shape index (κ1) is 20.5. The van der Waals surface area contributed by atoms with Gasteiger partial charge in [0.25, 0.3) is 0 Å². The number of rotatable bonds is 6. The van der Waals surface area contributed by atoms with E-state index in [1.807, 2.05) is 30.3 Å². The second kappa shape index (κ2) is 8.52. The number of anilines is 1. The first-order valence-electron chi connectivity index (χ1n) is 10.5. The van der Waals surface area contributed by atoms with Crippen LogP contribution >= 0.6 is 0 Å². The zero-order valence-corrected chi connectivity index (χ0v) is 17.5. The maximum absolute atomic E-state index is 14.9. The summed E-state index contributed by atoms with van der Waals surface area (Å²) in [6.07, 6.45) is 5.62. The second-order valence-electron chi connectivity index (χ2n) is 8.90. The molecule has 1 fully saturated rings. The number of carbonyl (C=O) groups is 1. The largest absolute Gasteiger partial charge is 0.309 e. The van der Waals surface area contributed by atoms with Gasteiger partial charge in [-0.05, 0) is 43.5 Å². The molecule has 3 aromatic rings. The molecule has 0 radical (unpaired) electrons. The molecule has 0 atom stereocenters. The maximum Gasteiger partial charge on any atom is 0.226 e. The summed E-state index contributed by atoms with van der Waals surface area (Å²) in [7, 11) is 0. The lowest BCUT2D eigenvalue weighted by molar-refractivity contribution is -0.118. The van der Waals surface area contributed by atoms with Gasteiger partial charge in [-0.15, -0.1) is 0 Å². The number of piperidine rings is 1. The molecule has 0 bridgehead atoms. The van der Waals surface area contributed by atoms with Gasteiger partial charge in [-0.25, -0.2) is 4.39 Å². The highest BCUT2D eigenvalue weighted by molar-refractivity contribution is 5.91. The zero-order chi connectivity index (χ0) is 21.1. The van der Waals surface area contributed by atoms with Gasteiger partial charge in [0.2, 0.25) is 5.91 Å². The minimum absolute atomic E-state index is 0.00284. The third-order valence-electron chi connectivity index (χ3n) is 5.57. The monoisotopic (exact) mass is 409 g/mol. The number of amides is 1. The molecule has 2 aromatic heterocycles. The van der Waals surface area contributed by atoms with Crippen molar-refractivity contribution in [3.05, 3.63) is 42.3 Å². The number of carbonyl (C=O) groups excluding carboxylic acids is 1. The van der Waals surface area contributed by atoms with Crippen LogP contribution in [-0.2, 0) is 4.79 Å². The predicted molar refractivity (Wildman–Crippen MR) is 117 cm³/mol. The van der Waals surface area contributed by atoms with Crippen molar-refractivity contribution < 1.29 is 9.18 Å². The molecular weight excluding hydrogens is 381 g/mol. The Labute approximate surface area is 175 Å². The van der Waals surface area contributed by atoms with Crippen LogP contribution in [0.15, 0.2) is 36.5 Å². The van der Waals surface area contributed by atoms with Gasteiger partial charge in [-0.2, -0.15) is 5.10 Å². The quantitative estimate of drug-likeness (QED) is 0.624. The molecule has 1 aliphatic rings. The van der Waals surface area contributed by atoms with Crippen molar-refractivity contribution in [2.45, 2.75) is 39.5 Å². The molecule has 0 unspecified atom stereocenters. The maximum atomic E-state index is 14.9. The molecule has 158 valence electrons. The molecule has 1 aliphatic heterocycles. The number of benzene rings is 1. The van der Waals surface area contributed by atoms with Crippen LogP contribution in [-0.4, -0.2) is 45.6 Å². The smallest absolute Gasteiger partial charge is 0.226 e. The number of halogens is 1. The predicted octanol–water partition coefficient (Wildman–Crippen LogP) is 4.60. The highest BCUT2D eigenvalue weighted by Gasteiger charge is 2.27. The SMILES string of the molecule is CC(C)(CC(=O)Nc1[nH]nc(-c2cnc3ccccc3c2)c1F)CN1CCCCC1. The van der Waals surface area contributed by atoms with Crippen molar-refractivity contribution in [3.63, 3.8) is 0 Å². The van der Waals surface area contributed by atoms with Crippen molar-refractivity contribution in [2.24, 2.45) is 5.41 Å². The molecule has 0 aliphatic carbocycles. The van der Waals surface area contributed by atoms with Crippen LogP contribution in [0.1, 0.15) is 39.5 Å². The summed E-state index contributed by atoms with van der Waals surface area (Å²) in [6, 6.07) is 9.48. The van der Waals surface area contributed by atoms with Crippen molar-refractivity contribution in [1.29, 1.82) is 0 Å². The minimum Gasteiger partial charge on any atom is -0.309 e. The number of hydrogen-bond donors (Lipinski definition) is 2. The summed E-state index contributed by atoms with van der Waals surface area (Å²) < 4.78 is 14.9. The van der Waals surface area contributed by atoms with Crippen LogP contribution in [0, 0.1) is 11.2 Å². The Morgan fingerprint density at radius 1 is 1.23 bits per heavy atom. The topological polar surface area (TPSA) is 73.9 Å². The number of pyridine rings is 1. The first-order valence-corrected chi connectivity index (χ1v) is 10.5. The zero-order valence-electron chi connectivity index (χ0n) is 17.5. The number of fused-ring (bicyclic) bond motifs is 1. The average Bonchev–Trinajstić information content (AvgIpc) is 3.07. The van der Waals surface area contributed by atoms with E-state index in [0.29, 0.717) is 12.0 Å². The lowest BCUT2D eigenvalue weighted by Gasteiger charge is -2.34.